The number of hydrogen-bond acceptors (Lipinski definition) is 5. The number of aliphatic carboxylic acids is 2. The fourth-order valence-corrected chi connectivity index (χ4v) is 2.63. The van der Waals surface area contributed by atoms with Crippen LogP contribution in [0.25, 0.3) is 0 Å². The molecule has 8 nitrogen and oxygen atoms in total. The molecule has 0 spiro atoms. The van der Waals surface area contributed by atoms with Gasteiger partial charge in [0.15, 0.2) is 0 Å². The van der Waals surface area contributed by atoms with Crippen molar-refractivity contribution in [2.45, 2.75) is 71.2 Å². The summed E-state index contributed by atoms with van der Waals surface area (Å²) in [5.74, 6) is -2.00. The van der Waals surface area contributed by atoms with E-state index in [2.05, 4.69) is 10.6 Å². The second-order valence-corrected chi connectivity index (χ2v) is 7.22. The molecule has 1 aromatic carbocycles. The van der Waals surface area contributed by atoms with Gasteiger partial charge in [-0.25, -0.2) is 4.79 Å². The van der Waals surface area contributed by atoms with Crippen LogP contribution in [-0.2, 0) is 20.8 Å². The molecule has 0 aliphatic carbocycles. The highest BCUT2D eigenvalue weighted by atomic mass is 16.5. The van der Waals surface area contributed by atoms with E-state index in [0.29, 0.717) is 5.75 Å². The molecule has 0 saturated carbocycles. The van der Waals surface area contributed by atoms with Gasteiger partial charge >= 0.3 is 11.9 Å². The van der Waals surface area contributed by atoms with Crippen molar-refractivity contribution in [1.82, 2.24) is 10.6 Å². The summed E-state index contributed by atoms with van der Waals surface area (Å²) < 4.78 is 5.55. The van der Waals surface area contributed by atoms with E-state index >= 15 is 0 Å². The number of rotatable bonds is 12. The van der Waals surface area contributed by atoms with Crippen LogP contribution in [0.2, 0.25) is 0 Å². The molecule has 0 unspecified atom stereocenters. The summed E-state index contributed by atoms with van der Waals surface area (Å²) >= 11 is 0. The molecule has 0 aliphatic heterocycles. The van der Waals surface area contributed by atoms with Crippen LogP contribution in [0.3, 0.4) is 0 Å². The number of carbonyl (C=O) groups excluding carboxylic acids is 1. The van der Waals surface area contributed by atoms with Gasteiger partial charge in [-0.15, -0.1) is 0 Å². The largest absolute Gasteiger partial charge is 0.491 e. The summed E-state index contributed by atoms with van der Waals surface area (Å²) in [5, 5.41) is 23.9. The minimum atomic E-state index is -1.15. The number of nitrogens with one attached hydrogen (secondary N) is 2. The molecule has 156 valence electrons. The van der Waals surface area contributed by atoms with Gasteiger partial charge in [0.1, 0.15) is 17.8 Å². The van der Waals surface area contributed by atoms with E-state index in [9.17, 15) is 24.6 Å². The summed E-state index contributed by atoms with van der Waals surface area (Å²) in [6, 6.07) is 5.03. The summed E-state index contributed by atoms with van der Waals surface area (Å²) in [5.41, 5.74) is 0.744. The first-order valence-corrected chi connectivity index (χ1v) is 9.35. The molecule has 0 fully saturated rings. The molecule has 0 aliphatic rings. The molecular formula is C20H30N2O6. The second-order valence-electron chi connectivity index (χ2n) is 7.22. The molecule has 28 heavy (non-hydrogen) atoms. The fourth-order valence-electron chi connectivity index (χ4n) is 2.63. The third-order valence-electron chi connectivity index (χ3n) is 3.86. The lowest BCUT2D eigenvalue weighted by molar-refractivity contribution is -0.142. The Morgan fingerprint density at radius 3 is 2.00 bits per heavy atom. The molecule has 0 aromatic heterocycles. The van der Waals surface area contributed by atoms with Gasteiger partial charge in [-0.3, -0.25) is 9.59 Å². The van der Waals surface area contributed by atoms with Gasteiger partial charge in [0.2, 0.25) is 5.91 Å². The average molecular weight is 394 g/mol. The van der Waals surface area contributed by atoms with E-state index in [0.717, 1.165) is 5.56 Å². The van der Waals surface area contributed by atoms with Crippen LogP contribution >= 0.6 is 0 Å². The first-order chi connectivity index (χ1) is 13.1. The summed E-state index contributed by atoms with van der Waals surface area (Å²) in [6.45, 7) is 7.45. The Kier molecular flexibility index (Phi) is 9.44. The number of carboxylic acid groups (broad SMARTS) is 2. The number of benzene rings is 1. The van der Waals surface area contributed by atoms with Crippen LogP contribution in [-0.4, -0.2) is 52.3 Å². The zero-order valence-electron chi connectivity index (χ0n) is 16.8. The average Bonchev–Trinajstić information content (AvgIpc) is 2.58. The zero-order chi connectivity index (χ0) is 21.3. The normalized spacial score (nSPS) is 13.2. The Morgan fingerprint density at radius 1 is 0.964 bits per heavy atom. The first-order valence-electron chi connectivity index (χ1n) is 9.35. The second kappa shape index (κ2) is 11.3. The fraction of sp³-hybridized carbons (Fsp3) is 0.550. The zero-order valence-corrected chi connectivity index (χ0v) is 16.8. The Hall–Kier alpha value is -2.61. The third kappa shape index (κ3) is 8.85. The Labute approximate surface area is 165 Å². The van der Waals surface area contributed by atoms with Crippen LogP contribution in [0.5, 0.6) is 5.75 Å². The maximum atomic E-state index is 12.1. The summed E-state index contributed by atoms with van der Waals surface area (Å²) in [7, 11) is 0. The molecule has 1 rings (SSSR count). The Balaban J connectivity index is 2.63. The van der Waals surface area contributed by atoms with Gasteiger partial charge in [0, 0.05) is 18.9 Å². The van der Waals surface area contributed by atoms with Crippen molar-refractivity contribution in [3.8, 4) is 5.75 Å². The van der Waals surface area contributed by atoms with E-state index in [1.807, 2.05) is 27.7 Å². The molecule has 0 heterocycles. The Bertz CT molecular complexity index is 657. The van der Waals surface area contributed by atoms with Crippen molar-refractivity contribution in [3.05, 3.63) is 29.8 Å². The minimum Gasteiger partial charge on any atom is -0.491 e. The van der Waals surface area contributed by atoms with Crippen molar-refractivity contribution in [3.63, 3.8) is 0 Å². The van der Waals surface area contributed by atoms with Crippen molar-refractivity contribution in [2.24, 2.45) is 0 Å². The van der Waals surface area contributed by atoms with Crippen molar-refractivity contribution < 1.29 is 29.3 Å². The van der Waals surface area contributed by atoms with Gasteiger partial charge in [-0.2, -0.15) is 0 Å². The molecular weight excluding hydrogens is 364 g/mol. The van der Waals surface area contributed by atoms with Crippen LogP contribution in [0.1, 0.15) is 46.1 Å². The number of ether oxygens (including phenoxy) is 1. The highest BCUT2D eigenvalue weighted by Gasteiger charge is 2.23. The van der Waals surface area contributed by atoms with Gasteiger partial charge < -0.3 is 25.6 Å². The van der Waals surface area contributed by atoms with Crippen LogP contribution < -0.4 is 15.4 Å². The van der Waals surface area contributed by atoms with E-state index in [-0.39, 0.29) is 31.4 Å². The molecule has 1 amide bonds. The van der Waals surface area contributed by atoms with Crippen LogP contribution in [0, 0.1) is 0 Å². The molecule has 8 heteroatoms. The maximum absolute atomic E-state index is 12.1. The molecule has 0 bridgehead atoms. The third-order valence-corrected chi connectivity index (χ3v) is 3.86. The number of amides is 1. The van der Waals surface area contributed by atoms with Crippen molar-refractivity contribution in [1.29, 1.82) is 0 Å². The smallest absolute Gasteiger partial charge is 0.326 e. The lowest BCUT2D eigenvalue weighted by Gasteiger charge is -2.18. The quantitative estimate of drug-likeness (QED) is 0.426. The number of hydrogen-bond donors (Lipinski definition) is 4. The summed E-state index contributed by atoms with van der Waals surface area (Å²) in [6.07, 6.45) is 0.154. The monoisotopic (exact) mass is 394 g/mol. The van der Waals surface area contributed by atoms with Gasteiger partial charge in [-0.05, 0) is 38.0 Å². The predicted molar refractivity (Wildman–Crippen MR) is 104 cm³/mol. The van der Waals surface area contributed by atoms with Gasteiger partial charge in [0.25, 0.3) is 0 Å². The molecule has 1 aromatic rings. The SMILES string of the molecule is CC(C)N[C@@H](CCC(=O)N[C@H](Cc1ccc(OC(C)C)cc1)C(=O)O)C(=O)O. The highest BCUT2D eigenvalue weighted by molar-refractivity contribution is 5.84. The van der Waals surface area contributed by atoms with Crippen molar-refractivity contribution >= 4 is 17.8 Å². The van der Waals surface area contributed by atoms with Gasteiger partial charge in [-0.1, -0.05) is 26.0 Å². The van der Waals surface area contributed by atoms with Crippen molar-refractivity contribution in [2.75, 3.05) is 0 Å². The van der Waals surface area contributed by atoms with E-state index in [1.54, 1.807) is 24.3 Å². The topological polar surface area (TPSA) is 125 Å². The first kappa shape index (κ1) is 23.4. The summed E-state index contributed by atoms with van der Waals surface area (Å²) in [4.78, 5) is 34.8. The van der Waals surface area contributed by atoms with E-state index < -0.39 is 29.9 Å². The standard InChI is InChI=1S/C20H30N2O6/c1-12(2)21-16(19(24)25)9-10-18(23)22-17(20(26)27)11-14-5-7-15(8-6-14)28-13(3)4/h5-8,12-13,16-17,21H,9-11H2,1-4H3,(H,22,23)(H,24,25)(H,26,27)/t16-,17+/m0/s1. The lowest BCUT2D eigenvalue weighted by atomic mass is 10.0. The van der Waals surface area contributed by atoms with Crippen LogP contribution in [0.15, 0.2) is 24.3 Å². The van der Waals surface area contributed by atoms with Crippen LogP contribution in [0.4, 0.5) is 0 Å². The Morgan fingerprint density at radius 2 is 1.54 bits per heavy atom. The predicted octanol–water partition coefficient (Wildman–Crippen LogP) is 1.82. The molecule has 2 atom stereocenters. The molecule has 0 radical (unpaired) electrons. The van der Waals surface area contributed by atoms with Gasteiger partial charge in [0.05, 0.1) is 6.10 Å². The maximum Gasteiger partial charge on any atom is 0.326 e. The number of carboxylic acids is 2. The minimum absolute atomic E-state index is 0.0386. The molecule has 0 saturated heterocycles. The molecule has 4 N–H and O–H groups in total. The van der Waals surface area contributed by atoms with E-state index in [4.69, 9.17) is 4.74 Å². The van der Waals surface area contributed by atoms with E-state index in [1.165, 1.54) is 0 Å². The number of carbonyl (C=O) groups is 3. The highest BCUT2D eigenvalue weighted by Crippen LogP contribution is 2.15. The lowest BCUT2D eigenvalue weighted by Crippen LogP contribution is -2.44.